The SMILES string of the molecule is CCC(C)[C@@H]1NCCc2ccccc21. The Balaban J connectivity index is 2.30. The van der Waals surface area contributed by atoms with Gasteiger partial charge in [-0.3, -0.25) is 0 Å². The van der Waals surface area contributed by atoms with Crippen molar-refractivity contribution >= 4 is 0 Å². The summed E-state index contributed by atoms with van der Waals surface area (Å²) in [5.74, 6) is 0.733. The van der Waals surface area contributed by atoms with Gasteiger partial charge in [-0.25, -0.2) is 0 Å². The van der Waals surface area contributed by atoms with E-state index >= 15 is 0 Å². The number of hydrogen-bond donors (Lipinski definition) is 1. The normalized spacial score (nSPS) is 22.9. The van der Waals surface area contributed by atoms with Crippen molar-refractivity contribution in [3.8, 4) is 0 Å². The summed E-state index contributed by atoms with van der Waals surface area (Å²) in [6.07, 6.45) is 2.43. The fraction of sp³-hybridized carbons (Fsp3) is 0.538. The molecular weight excluding hydrogens is 170 g/mol. The van der Waals surface area contributed by atoms with Crippen molar-refractivity contribution in [2.45, 2.75) is 32.7 Å². The van der Waals surface area contributed by atoms with Crippen LogP contribution >= 0.6 is 0 Å². The average Bonchev–Trinajstić information content (AvgIpc) is 2.27. The molecule has 0 bridgehead atoms. The van der Waals surface area contributed by atoms with Gasteiger partial charge in [0.25, 0.3) is 0 Å². The van der Waals surface area contributed by atoms with Gasteiger partial charge in [-0.1, -0.05) is 44.5 Å². The van der Waals surface area contributed by atoms with Crippen LogP contribution in [0.4, 0.5) is 0 Å². The highest BCUT2D eigenvalue weighted by atomic mass is 14.9. The fourth-order valence-corrected chi connectivity index (χ4v) is 2.28. The third-order valence-electron chi connectivity index (χ3n) is 3.36. The molecule has 0 spiro atoms. The summed E-state index contributed by atoms with van der Waals surface area (Å²) in [5.41, 5.74) is 3.06. The molecule has 0 saturated carbocycles. The van der Waals surface area contributed by atoms with E-state index in [-0.39, 0.29) is 0 Å². The lowest BCUT2D eigenvalue weighted by Gasteiger charge is -2.31. The first kappa shape index (κ1) is 9.72. The molecule has 1 aromatic rings. The summed E-state index contributed by atoms with van der Waals surface area (Å²) >= 11 is 0. The Kier molecular flexibility index (Phi) is 2.87. The minimum absolute atomic E-state index is 0.574. The summed E-state index contributed by atoms with van der Waals surface area (Å²) in [6.45, 7) is 5.73. The Morgan fingerprint density at radius 1 is 1.43 bits per heavy atom. The van der Waals surface area contributed by atoms with Crippen LogP contribution in [0.1, 0.15) is 37.4 Å². The Hall–Kier alpha value is -0.820. The van der Waals surface area contributed by atoms with Gasteiger partial charge in [0.2, 0.25) is 0 Å². The molecule has 1 unspecified atom stereocenters. The minimum Gasteiger partial charge on any atom is -0.309 e. The van der Waals surface area contributed by atoms with Gasteiger partial charge < -0.3 is 5.32 Å². The molecule has 1 N–H and O–H groups in total. The first-order valence-corrected chi connectivity index (χ1v) is 5.64. The van der Waals surface area contributed by atoms with Crippen molar-refractivity contribution in [2.24, 2.45) is 5.92 Å². The molecule has 2 rings (SSSR count). The Bertz CT molecular complexity index is 306. The zero-order valence-corrected chi connectivity index (χ0v) is 9.09. The summed E-state index contributed by atoms with van der Waals surface area (Å²) in [4.78, 5) is 0. The van der Waals surface area contributed by atoms with Gasteiger partial charge in [0.15, 0.2) is 0 Å². The van der Waals surface area contributed by atoms with Gasteiger partial charge in [-0.2, -0.15) is 0 Å². The molecule has 0 saturated heterocycles. The minimum atomic E-state index is 0.574. The van der Waals surface area contributed by atoms with Crippen LogP contribution < -0.4 is 5.32 Å². The summed E-state index contributed by atoms with van der Waals surface area (Å²) < 4.78 is 0. The van der Waals surface area contributed by atoms with Crippen LogP contribution in [0, 0.1) is 5.92 Å². The molecule has 1 nitrogen and oxygen atoms in total. The summed E-state index contributed by atoms with van der Waals surface area (Å²) in [7, 11) is 0. The van der Waals surface area contributed by atoms with E-state index in [1.807, 2.05) is 0 Å². The first-order chi connectivity index (χ1) is 6.83. The van der Waals surface area contributed by atoms with Crippen LogP contribution in [0.5, 0.6) is 0 Å². The monoisotopic (exact) mass is 189 g/mol. The van der Waals surface area contributed by atoms with Gasteiger partial charge in [0.05, 0.1) is 0 Å². The Labute approximate surface area is 86.5 Å². The van der Waals surface area contributed by atoms with Gasteiger partial charge >= 0.3 is 0 Å². The average molecular weight is 189 g/mol. The molecule has 1 aliphatic heterocycles. The van der Waals surface area contributed by atoms with Crippen molar-refractivity contribution in [2.75, 3.05) is 6.54 Å². The number of benzene rings is 1. The molecule has 76 valence electrons. The molecule has 0 radical (unpaired) electrons. The van der Waals surface area contributed by atoms with E-state index in [2.05, 4.69) is 43.4 Å². The predicted molar refractivity (Wildman–Crippen MR) is 60.3 cm³/mol. The Morgan fingerprint density at radius 3 is 3.00 bits per heavy atom. The van der Waals surface area contributed by atoms with Crippen molar-refractivity contribution in [1.29, 1.82) is 0 Å². The molecule has 0 fully saturated rings. The first-order valence-electron chi connectivity index (χ1n) is 5.64. The molecular formula is C13H19N. The van der Waals surface area contributed by atoms with Crippen LogP contribution in [0.15, 0.2) is 24.3 Å². The summed E-state index contributed by atoms with van der Waals surface area (Å²) in [5, 5.41) is 3.63. The molecule has 1 aromatic carbocycles. The molecule has 0 aliphatic carbocycles. The third-order valence-corrected chi connectivity index (χ3v) is 3.36. The van der Waals surface area contributed by atoms with E-state index in [0.29, 0.717) is 6.04 Å². The highest BCUT2D eigenvalue weighted by Gasteiger charge is 2.22. The van der Waals surface area contributed by atoms with E-state index in [9.17, 15) is 0 Å². The van der Waals surface area contributed by atoms with Crippen LogP contribution in [-0.4, -0.2) is 6.54 Å². The maximum absolute atomic E-state index is 3.63. The number of rotatable bonds is 2. The van der Waals surface area contributed by atoms with Crippen LogP contribution in [-0.2, 0) is 6.42 Å². The van der Waals surface area contributed by atoms with Gasteiger partial charge in [-0.05, 0) is 30.0 Å². The van der Waals surface area contributed by atoms with Gasteiger partial charge in [0, 0.05) is 6.04 Å². The molecule has 1 heteroatoms. The van der Waals surface area contributed by atoms with Crippen molar-refractivity contribution in [1.82, 2.24) is 5.32 Å². The number of hydrogen-bond acceptors (Lipinski definition) is 1. The second-order valence-corrected chi connectivity index (χ2v) is 4.27. The zero-order chi connectivity index (χ0) is 9.97. The smallest absolute Gasteiger partial charge is 0.0348 e. The second kappa shape index (κ2) is 4.14. The number of nitrogens with one attached hydrogen (secondary N) is 1. The third kappa shape index (κ3) is 1.69. The lowest BCUT2D eigenvalue weighted by Crippen LogP contribution is -2.33. The van der Waals surface area contributed by atoms with Crippen molar-refractivity contribution in [3.05, 3.63) is 35.4 Å². The number of fused-ring (bicyclic) bond motifs is 1. The molecule has 1 aliphatic rings. The molecule has 0 aromatic heterocycles. The highest BCUT2D eigenvalue weighted by molar-refractivity contribution is 5.32. The van der Waals surface area contributed by atoms with E-state index in [0.717, 1.165) is 12.5 Å². The maximum Gasteiger partial charge on any atom is 0.0348 e. The van der Waals surface area contributed by atoms with E-state index in [1.165, 1.54) is 24.0 Å². The topological polar surface area (TPSA) is 12.0 Å². The van der Waals surface area contributed by atoms with E-state index in [4.69, 9.17) is 0 Å². The molecule has 2 atom stereocenters. The van der Waals surface area contributed by atoms with Crippen molar-refractivity contribution in [3.63, 3.8) is 0 Å². The van der Waals surface area contributed by atoms with Crippen LogP contribution in [0.3, 0.4) is 0 Å². The van der Waals surface area contributed by atoms with E-state index < -0.39 is 0 Å². The van der Waals surface area contributed by atoms with Crippen LogP contribution in [0.2, 0.25) is 0 Å². The second-order valence-electron chi connectivity index (χ2n) is 4.27. The standard InChI is InChI=1S/C13H19N/c1-3-10(2)13-12-7-5-4-6-11(12)8-9-14-13/h4-7,10,13-14H,3,8-9H2,1-2H3/t10?,13-/m0/s1. The lowest BCUT2D eigenvalue weighted by atomic mass is 9.86. The Morgan fingerprint density at radius 2 is 2.21 bits per heavy atom. The summed E-state index contributed by atoms with van der Waals surface area (Å²) in [6, 6.07) is 9.42. The quantitative estimate of drug-likeness (QED) is 0.754. The van der Waals surface area contributed by atoms with E-state index in [1.54, 1.807) is 0 Å². The fourth-order valence-electron chi connectivity index (χ4n) is 2.28. The molecule has 1 heterocycles. The molecule has 14 heavy (non-hydrogen) atoms. The maximum atomic E-state index is 3.63. The van der Waals surface area contributed by atoms with Crippen molar-refractivity contribution < 1.29 is 0 Å². The van der Waals surface area contributed by atoms with Crippen LogP contribution in [0.25, 0.3) is 0 Å². The largest absolute Gasteiger partial charge is 0.309 e. The highest BCUT2D eigenvalue weighted by Crippen LogP contribution is 2.29. The van der Waals surface area contributed by atoms with Gasteiger partial charge in [0.1, 0.15) is 0 Å². The lowest BCUT2D eigenvalue weighted by molar-refractivity contribution is 0.363. The van der Waals surface area contributed by atoms with Gasteiger partial charge in [-0.15, -0.1) is 0 Å². The molecule has 0 amide bonds. The zero-order valence-electron chi connectivity index (χ0n) is 9.09. The predicted octanol–water partition coefficient (Wildman–Crippen LogP) is 2.92.